The first-order valence-corrected chi connectivity index (χ1v) is 9.62. The Morgan fingerprint density at radius 1 is 1.00 bits per heavy atom. The SMILES string of the molecule is COc1ccc(CN(C/C=C/c2ccccc2)S(=O)(=O)C(F)(F)F)cc1OC. The summed E-state index contributed by atoms with van der Waals surface area (Å²) < 4.78 is 73.9. The molecule has 0 N–H and O–H groups in total. The van der Waals surface area contributed by atoms with Crippen LogP contribution in [-0.2, 0) is 16.6 Å². The van der Waals surface area contributed by atoms with Crippen molar-refractivity contribution in [2.24, 2.45) is 0 Å². The van der Waals surface area contributed by atoms with E-state index in [0.29, 0.717) is 21.4 Å². The van der Waals surface area contributed by atoms with Crippen LogP contribution in [0.4, 0.5) is 13.2 Å². The third-order valence-corrected chi connectivity index (χ3v) is 5.40. The smallest absolute Gasteiger partial charge is 0.493 e. The number of alkyl halides is 3. The number of ether oxygens (including phenoxy) is 2. The van der Waals surface area contributed by atoms with Crippen LogP contribution in [0.25, 0.3) is 6.08 Å². The van der Waals surface area contributed by atoms with Crippen molar-refractivity contribution < 1.29 is 31.1 Å². The van der Waals surface area contributed by atoms with E-state index in [9.17, 15) is 21.6 Å². The lowest BCUT2D eigenvalue weighted by atomic mass is 10.2. The number of hydrogen-bond acceptors (Lipinski definition) is 4. The quantitative estimate of drug-likeness (QED) is 0.652. The lowest BCUT2D eigenvalue weighted by Crippen LogP contribution is -2.40. The molecule has 0 aliphatic carbocycles. The lowest BCUT2D eigenvalue weighted by Gasteiger charge is -2.22. The molecule has 0 aromatic heterocycles. The van der Waals surface area contributed by atoms with Gasteiger partial charge < -0.3 is 9.47 Å². The molecule has 2 aromatic carbocycles. The molecule has 2 rings (SSSR count). The molecule has 0 bridgehead atoms. The minimum atomic E-state index is -5.52. The van der Waals surface area contributed by atoms with E-state index in [1.54, 1.807) is 36.4 Å². The first-order chi connectivity index (χ1) is 13.2. The first kappa shape index (κ1) is 21.8. The highest BCUT2D eigenvalue weighted by molar-refractivity contribution is 7.89. The second kappa shape index (κ2) is 9.11. The fourth-order valence-electron chi connectivity index (χ4n) is 2.45. The maximum atomic E-state index is 13.1. The molecule has 0 saturated heterocycles. The van der Waals surface area contributed by atoms with Gasteiger partial charge in [-0.2, -0.15) is 17.5 Å². The maximum absolute atomic E-state index is 13.1. The molecule has 0 aliphatic heterocycles. The van der Waals surface area contributed by atoms with Gasteiger partial charge in [0.05, 0.1) is 14.2 Å². The van der Waals surface area contributed by atoms with Gasteiger partial charge >= 0.3 is 15.5 Å². The average Bonchev–Trinajstić information content (AvgIpc) is 2.67. The van der Waals surface area contributed by atoms with E-state index in [4.69, 9.17) is 9.47 Å². The molecule has 0 unspecified atom stereocenters. The van der Waals surface area contributed by atoms with Crippen molar-refractivity contribution in [1.82, 2.24) is 4.31 Å². The zero-order chi connectivity index (χ0) is 20.8. The Balaban J connectivity index is 2.30. The number of rotatable bonds is 8. The molecule has 0 heterocycles. The van der Waals surface area contributed by atoms with E-state index in [1.807, 2.05) is 0 Å². The monoisotopic (exact) mass is 415 g/mol. The minimum absolute atomic E-state index is 0.296. The van der Waals surface area contributed by atoms with Gasteiger partial charge in [-0.15, -0.1) is 0 Å². The van der Waals surface area contributed by atoms with Crippen molar-refractivity contribution in [2.75, 3.05) is 20.8 Å². The molecule has 0 radical (unpaired) electrons. The largest absolute Gasteiger partial charge is 0.511 e. The highest BCUT2D eigenvalue weighted by Crippen LogP contribution is 2.31. The van der Waals surface area contributed by atoms with E-state index < -0.39 is 28.6 Å². The van der Waals surface area contributed by atoms with Crippen LogP contribution in [0.2, 0.25) is 0 Å². The fraction of sp³-hybridized carbons (Fsp3) is 0.263. The number of halogens is 3. The molecule has 0 aliphatic rings. The molecule has 0 amide bonds. The molecule has 5 nitrogen and oxygen atoms in total. The fourth-order valence-corrected chi connectivity index (χ4v) is 3.34. The predicted octanol–water partition coefficient (Wildman–Crippen LogP) is 4.07. The summed E-state index contributed by atoms with van der Waals surface area (Å²) in [5.41, 5.74) is -4.32. The molecule has 152 valence electrons. The summed E-state index contributed by atoms with van der Waals surface area (Å²) in [7, 11) is -2.71. The topological polar surface area (TPSA) is 55.8 Å². The third kappa shape index (κ3) is 5.26. The maximum Gasteiger partial charge on any atom is 0.511 e. The highest BCUT2D eigenvalue weighted by atomic mass is 32.2. The average molecular weight is 415 g/mol. The second-order valence-corrected chi connectivity index (χ2v) is 7.68. The molecular weight excluding hydrogens is 395 g/mol. The number of methoxy groups -OCH3 is 2. The number of sulfonamides is 1. The van der Waals surface area contributed by atoms with Crippen molar-refractivity contribution in [3.63, 3.8) is 0 Å². The Bertz CT molecular complexity index is 913. The number of benzene rings is 2. The summed E-state index contributed by atoms with van der Waals surface area (Å²) >= 11 is 0. The summed E-state index contributed by atoms with van der Waals surface area (Å²) in [6, 6.07) is 13.3. The van der Waals surface area contributed by atoms with Crippen LogP contribution in [0.3, 0.4) is 0 Å². The van der Waals surface area contributed by atoms with Gasteiger partial charge in [0.2, 0.25) is 0 Å². The summed E-state index contributed by atoms with van der Waals surface area (Å²) in [6.07, 6.45) is 2.94. The Kier molecular flexibility index (Phi) is 7.09. The van der Waals surface area contributed by atoms with E-state index >= 15 is 0 Å². The Hall–Kier alpha value is -2.52. The molecule has 0 spiro atoms. The van der Waals surface area contributed by atoms with Crippen molar-refractivity contribution in [3.8, 4) is 11.5 Å². The Labute approximate surface area is 162 Å². The summed E-state index contributed by atoms with van der Waals surface area (Å²) in [5, 5.41) is 0. The van der Waals surface area contributed by atoms with Gasteiger partial charge in [-0.05, 0) is 23.3 Å². The minimum Gasteiger partial charge on any atom is -0.493 e. The van der Waals surface area contributed by atoms with E-state index in [2.05, 4.69) is 0 Å². The zero-order valence-electron chi connectivity index (χ0n) is 15.3. The Morgan fingerprint density at radius 3 is 2.21 bits per heavy atom. The van der Waals surface area contributed by atoms with Crippen molar-refractivity contribution in [2.45, 2.75) is 12.1 Å². The number of hydrogen-bond donors (Lipinski definition) is 0. The first-order valence-electron chi connectivity index (χ1n) is 8.18. The van der Waals surface area contributed by atoms with Gasteiger partial charge in [-0.25, -0.2) is 8.42 Å². The third-order valence-electron chi connectivity index (χ3n) is 3.86. The molecule has 2 aromatic rings. The van der Waals surface area contributed by atoms with Gasteiger partial charge in [0.1, 0.15) is 0 Å². The van der Waals surface area contributed by atoms with Crippen molar-refractivity contribution in [1.29, 1.82) is 0 Å². The summed E-state index contributed by atoms with van der Waals surface area (Å²) in [6.45, 7) is -0.910. The van der Waals surface area contributed by atoms with E-state index in [0.717, 1.165) is 5.56 Å². The Morgan fingerprint density at radius 2 is 1.64 bits per heavy atom. The van der Waals surface area contributed by atoms with Crippen LogP contribution in [0.5, 0.6) is 11.5 Å². The molecule has 0 atom stereocenters. The molecule has 0 fully saturated rings. The van der Waals surface area contributed by atoms with Crippen LogP contribution >= 0.6 is 0 Å². The van der Waals surface area contributed by atoms with Gasteiger partial charge in [-0.1, -0.05) is 48.6 Å². The second-order valence-electron chi connectivity index (χ2n) is 5.75. The van der Waals surface area contributed by atoms with Crippen LogP contribution in [0.1, 0.15) is 11.1 Å². The molecule has 28 heavy (non-hydrogen) atoms. The van der Waals surface area contributed by atoms with Crippen LogP contribution in [-0.4, -0.2) is 39.0 Å². The standard InChI is InChI=1S/C19H20F3NO4S/c1-26-17-11-10-16(13-18(17)27-2)14-23(28(24,25)19(20,21)22)12-6-9-15-7-4-3-5-8-15/h3-11,13H,12,14H2,1-2H3/b9-6+. The molecule has 9 heteroatoms. The highest BCUT2D eigenvalue weighted by Gasteiger charge is 2.49. The van der Waals surface area contributed by atoms with Gasteiger partial charge in [0, 0.05) is 13.1 Å². The van der Waals surface area contributed by atoms with E-state index in [-0.39, 0.29) is 0 Å². The van der Waals surface area contributed by atoms with Gasteiger partial charge in [0.15, 0.2) is 11.5 Å². The lowest BCUT2D eigenvalue weighted by molar-refractivity contribution is -0.0488. The summed E-state index contributed by atoms with van der Waals surface area (Å²) in [5.74, 6) is 0.685. The normalized spacial score (nSPS) is 12.5. The van der Waals surface area contributed by atoms with Gasteiger partial charge in [0.25, 0.3) is 0 Å². The van der Waals surface area contributed by atoms with E-state index in [1.165, 1.54) is 38.5 Å². The molecular formula is C19H20F3NO4S. The van der Waals surface area contributed by atoms with Gasteiger partial charge in [-0.3, -0.25) is 0 Å². The molecule has 0 saturated carbocycles. The number of nitrogens with zero attached hydrogens (tertiary/aromatic N) is 1. The zero-order valence-corrected chi connectivity index (χ0v) is 16.1. The predicted molar refractivity (Wildman–Crippen MR) is 100 cm³/mol. The van der Waals surface area contributed by atoms with Crippen LogP contribution in [0.15, 0.2) is 54.6 Å². The van der Waals surface area contributed by atoms with Crippen molar-refractivity contribution in [3.05, 3.63) is 65.7 Å². The van der Waals surface area contributed by atoms with Crippen molar-refractivity contribution >= 4 is 16.1 Å². The van der Waals surface area contributed by atoms with Crippen LogP contribution < -0.4 is 9.47 Å². The van der Waals surface area contributed by atoms with Crippen LogP contribution in [0, 0.1) is 0 Å². The summed E-state index contributed by atoms with van der Waals surface area (Å²) in [4.78, 5) is 0.